The number of amides is 1. The molecule has 1 aliphatic heterocycles. The summed E-state index contributed by atoms with van der Waals surface area (Å²) in [6.07, 6.45) is -0.567. The van der Waals surface area contributed by atoms with Crippen LogP contribution in [0.3, 0.4) is 0 Å². The van der Waals surface area contributed by atoms with Gasteiger partial charge in [0.05, 0.1) is 5.69 Å². The minimum Gasteiger partial charge on any atom is -0.447 e. The lowest BCUT2D eigenvalue weighted by atomic mass is 10.1. The van der Waals surface area contributed by atoms with E-state index in [0.717, 1.165) is 15.8 Å². The summed E-state index contributed by atoms with van der Waals surface area (Å²) in [4.78, 5) is 19.1. The van der Waals surface area contributed by atoms with E-state index in [-0.39, 0.29) is 18.2 Å². The first-order chi connectivity index (χ1) is 14.5. The molecule has 2 heterocycles. The van der Waals surface area contributed by atoms with Crippen LogP contribution in [0.25, 0.3) is 11.3 Å². The SMILES string of the molecule is CCSc1nnc2c(n1)O[C@H](c1ccccc1Br)N(C(=O)CC)c1ccc(F)cc1-2. The number of carbonyl (C=O) groups excluding carboxylic acids is 1. The van der Waals surface area contributed by atoms with Crippen molar-refractivity contribution in [2.45, 2.75) is 31.7 Å². The fraction of sp³-hybridized carbons (Fsp3) is 0.238. The van der Waals surface area contributed by atoms with Crippen molar-refractivity contribution in [3.63, 3.8) is 0 Å². The highest BCUT2D eigenvalue weighted by atomic mass is 79.9. The molecule has 2 aromatic carbocycles. The lowest BCUT2D eigenvalue weighted by molar-refractivity contribution is -0.120. The molecular weight excluding hydrogens is 471 g/mol. The summed E-state index contributed by atoms with van der Waals surface area (Å²) in [5.41, 5.74) is 1.95. The van der Waals surface area contributed by atoms with E-state index in [1.807, 2.05) is 31.2 Å². The number of hydrogen-bond donors (Lipinski definition) is 0. The van der Waals surface area contributed by atoms with E-state index in [9.17, 15) is 9.18 Å². The zero-order chi connectivity index (χ0) is 21.3. The summed E-state index contributed by atoms with van der Waals surface area (Å²) in [7, 11) is 0. The molecule has 0 saturated heterocycles. The van der Waals surface area contributed by atoms with Gasteiger partial charge in [0.25, 0.3) is 0 Å². The Morgan fingerprint density at radius 3 is 2.77 bits per heavy atom. The Balaban J connectivity index is 1.99. The predicted octanol–water partition coefficient (Wildman–Crippen LogP) is 5.39. The van der Waals surface area contributed by atoms with Crippen LogP contribution in [-0.2, 0) is 4.79 Å². The van der Waals surface area contributed by atoms with Crippen LogP contribution in [0.2, 0.25) is 0 Å². The summed E-state index contributed by atoms with van der Waals surface area (Å²) in [5, 5.41) is 8.87. The van der Waals surface area contributed by atoms with Gasteiger partial charge >= 0.3 is 0 Å². The summed E-state index contributed by atoms with van der Waals surface area (Å²) in [5.74, 6) is 0.351. The second-order valence-electron chi connectivity index (χ2n) is 6.45. The molecule has 154 valence electrons. The maximum atomic E-state index is 14.2. The van der Waals surface area contributed by atoms with Crippen LogP contribution >= 0.6 is 27.7 Å². The summed E-state index contributed by atoms with van der Waals surface area (Å²) >= 11 is 4.98. The highest BCUT2D eigenvalue weighted by molar-refractivity contribution is 9.10. The third kappa shape index (κ3) is 3.79. The molecule has 0 bridgehead atoms. The zero-order valence-electron chi connectivity index (χ0n) is 16.3. The first kappa shape index (κ1) is 20.7. The van der Waals surface area contributed by atoms with Crippen molar-refractivity contribution in [1.82, 2.24) is 15.2 Å². The van der Waals surface area contributed by atoms with Gasteiger partial charge in [-0.2, -0.15) is 4.98 Å². The van der Waals surface area contributed by atoms with Gasteiger partial charge in [-0.3, -0.25) is 9.69 Å². The molecule has 0 spiro atoms. The third-order valence-corrected chi connectivity index (χ3v) is 6.02. The Morgan fingerprint density at radius 1 is 1.23 bits per heavy atom. The Hall–Kier alpha value is -2.52. The molecule has 30 heavy (non-hydrogen) atoms. The molecule has 4 rings (SSSR count). The van der Waals surface area contributed by atoms with Gasteiger partial charge in [-0.1, -0.05) is 59.7 Å². The average molecular weight is 489 g/mol. The number of anilines is 1. The van der Waals surface area contributed by atoms with Crippen molar-refractivity contribution >= 4 is 39.3 Å². The molecule has 1 amide bonds. The standard InChI is InChI=1S/C21H18BrFN4O2S/c1-3-17(28)27-16-10-9-12(23)11-14(16)18-19(24-21(26-25-18)30-4-2)29-20(27)13-7-5-6-8-15(13)22/h5-11,20H,3-4H2,1-2H3/t20-/m1/s1. The van der Waals surface area contributed by atoms with Crippen molar-refractivity contribution in [3.05, 3.63) is 58.3 Å². The number of halogens is 2. The summed E-state index contributed by atoms with van der Waals surface area (Å²) in [6, 6.07) is 11.7. The monoisotopic (exact) mass is 488 g/mol. The molecule has 0 saturated carbocycles. The number of nitrogens with zero attached hydrogens (tertiary/aromatic N) is 4. The maximum absolute atomic E-state index is 14.2. The largest absolute Gasteiger partial charge is 0.447 e. The smallest absolute Gasteiger partial charge is 0.247 e. The van der Waals surface area contributed by atoms with Crippen molar-refractivity contribution in [2.24, 2.45) is 0 Å². The molecule has 1 aromatic heterocycles. The fourth-order valence-corrected chi connectivity index (χ4v) is 4.23. The van der Waals surface area contributed by atoms with Gasteiger partial charge in [-0.25, -0.2) is 4.39 Å². The van der Waals surface area contributed by atoms with E-state index in [0.29, 0.717) is 22.1 Å². The molecular formula is C21H18BrFN4O2S. The van der Waals surface area contributed by atoms with Gasteiger partial charge in [0, 0.05) is 22.0 Å². The minimum absolute atomic E-state index is 0.174. The second-order valence-corrected chi connectivity index (χ2v) is 8.54. The Kier molecular flexibility index (Phi) is 6.01. The van der Waals surface area contributed by atoms with Crippen LogP contribution in [0.5, 0.6) is 5.88 Å². The highest BCUT2D eigenvalue weighted by Crippen LogP contribution is 2.44. The van der Waals surface area contributed by atoms with Gasteiger partial charge < -0.3 is 4.74 Å². The minimum atomic E-state index is -0.810. The number of aromatic nitrogens is 3. The van der Waals surface area contributed by atoms with Gasteiger partial charge in [-0.15, -0.1) is 10.2 Å². The second kappa shape index (κ2) is 8.69. The van der Waals surface area contributed by atoms with E-state index in [1.54, 1.807) is 13.0 Å². The predicted molar refractivity (Wildman–Crippen MR) is 117 cm³/mol. The van der Waals surface area contributed by atoms with E-state index in [1.165, 1.54) is 28.8 Å². The quantitative estimate of drug-likeness (QED) is 0.458. The Morgan fingerprint density at radius 2 is 2.03 bits per heavy atom. The van der Waals surface area contributed by atoms with Crippen LogP contribution in [0.1, 0.15) is 32.1 Å². The van der Waals surface area contributed by atoms with E-state index in [2.05, 4.69) is 31.1 Å². The number of ether oxygens (including phenoxy) is 1. The molecule has 0 radical (unpaired) electrons. The molecule has 0 fully saturated rings. The van der Waals surface area contributed by atoms with Crippen LogP contribution < -0.4 is 9.64 Å². The number of fused-ring (bicyclic) bond motifs is 3. The van der Waals surface area contributed by atoms with Crippen LogP contribution in [0.4, 0.5) is 10.1 Å². The number of benzene rings is 2. The molecule has 0 unspecified atom stereocenters. The fourth-order valence-electron chi connectivity index (χ4n) is 3.25. The summed E-state index contributed by atoms with van der Waals surface area (Å²) < 4.78 is 21.3. The lowest BCUT2D eigenvalue weighted by Crippen LogP contribution is -2.37. The molecule has 1 atom stereocenters. The molecule has 0 aliphatic carbocycles. The molecule has 9 heteroatoms. The number of rotatable bonds is 4. The van der Waals surface area contributed by atoms with Crippen molar-refractivity contribution in [2.75, 3.05) is 10.7 Å². The van der Waals surface area contributed by atoms with Crippen molar-refractivity contribution < 1.29 is 13.9 Å². The van der Waals surface area contributed by atoms with Gasteiger partial charge in [-0.05, 0) is 30.0 Å². The highest BCUT2D eigenvalue weighted by Gasteiger charge is 2.36. The summed E-state index contributed by atoms with van der Waals surface area (Å²) in [6.45, 7) is 3.76. The van der Waals surface area contributed by atoms with Gasteiger partial charge in [0.1, 0.15) is 5.82 Å². The Labute approximate surface area is 186 Å². The van der Waals surface area contributed by atoms with Gasteiger partial charge in [0.15, 0.2) is 5.69 Å². The normalized spacial score (nSPS) is 15.1. The van der Waals surface area contributed by atoms with Gasteiger partial charge in [0.2, 0.25) is 23.2 Å². The average Bonchev–Trinajstić information content (AvgIpc) is 2.88. The van der Waals surface area contributed by atoms with Crippen LogP contribution in [0, 0.1) is 5.82 Å². The van der Waals surface area contributed by atoms with Crippen molar-refractivity contribution in [1.29, 1.82) is 0 Å². The zero-order valence-corrected chi connectivity index (χ0v) is 18.7. The maximum Gasteiger partial charge on any atom is 0.247 e. The first-order valence-electron chi connectivity index (χ1n) is 9.44. The molecule has 0 N–H and O–H groups in total. The molecule has 3 aromatic rings. The van der Waals surface area contributed by atoms with E-state index in [4.69, 9.17) is 4.74 Å². The topological polar surface area (TPSA) is 68.2 Å². The lowest BCUT2D eigenvalue weighted by Gasteiger charge is -2.31. The third-order valence-electron chi connectivity index (χ3n) is 4.58. The number of carbonyl (C=O) groups is 1. The molecule has 1 aliphatic rings. The van der Waals surface area contributed by atoms with Crippen LogP contribution in [0.15, 0.2) is 52.1 Å². The Bertz CT molecular complexity index is 1110. The van der Waals surface area contributed by atoms with Crippen LogP contribution in [-0.4, -0.2) is 26.8 Å². The molecule has 6 nitrogen and oxygen atoms in total. The van der Waals surface area contributed by atoms with E-state index >= 15 is 0 Å². The number of thioether (sulfide) groups is 1. The first-order valence-corrected chi connectivity index (χ1v) is 11.2. The van der Waals surface area contributed by atoms with E-state index < -0.39 is 12.0 Å². The number of hydrogen-bond acceptors (Lipinski definition) is 6. The van der Waals surface area contributed by atoms with Crippen molar-refractivity contribution in [3.8, 4) is 17.1 Å².